The van der Waals surface area contributed by atoms with Crippen LogP contribution in [0.4, 0.5) is 4.39 Å². The number of aryl methyl sites for hydroxylation is 1. The number of carboxylic acids is 1. The zero-order valence-corrected chi connectivity index (χ0v) is 16.7. The molecule has 2 N–H and O–H groups in total. The maximum absolute atomic E-state index is 13.5. The topological polar surface area (TPSA) is 62.5 Å². The molecule has 4 nitrogen and oxygen atoms in total. The zero-order chi connectivity index (χ0) is 20.6. The summed E-state index contributed by atoms with van der Waals surface area (Å²) in [5.74, 6) is -0.809. The standard InChI is InChI=1S/C23H26FNO3/c1-14(2)21-18(11-12-23(3,4)22(27)28)19-13-17(26)9-10-20(19)25(21)16-7-5-15(24)6-8-16/h5-10,13-14,26H,11-12H2,1-4H3,(H,27,28). The normalized spacial score (nSPS) is 12.1. The number of aromatic hydroxyl groups is 1. The second kappa shape index (κ2) is 7.30. The second-order valence-corrected chi connectivity index (χ2v) is 8.22. The lowest BCUT2D eigenvalue weighted by molar-refractivity contribution is -0.147. The molecule has 0 aliphatic carbocycles. The Morgan fingerprint density at radius 1 is 1.14 bits per heavy atom. The highest BCUT2D eigenvalue weighted by atomic mass is 19.1. The van der Waals surface area contributed by atoms with Crippen LogP contribution >= 0.6 is 0 Å². The number of benzene rings is 2. The van der Waals surface area contributed by atoms with Crippen molar-refractivity contribution in [3.05, 3.63) is 59.5 Å². The summed E-state index contributed by atoms with van der Waals surface area (Å²) in [6.45, 7) is 7.61. The predicted octanol–water partition coefficient (Wildman–Crippen LogP) is 5.64. The van der Waals surface area contributed by atoms with Crippen molar-refractivity contribution in [1.29, 1.82) is 0 Å². The molecule has 5 heteroatoms. The Bertz CT molecular complexity index is 1020. The third kappa shape index (κ3) is 3.61. The summed E-state index contributed by atoms with van der Waals surface area (Å²) in [7, 11) is 0. The van der Waals surface area contributed by atoms with Gasteiger partial charge in [0.15, 0.2) is 0 Å². The fourth-order valence-corrected chi connectivity index (χ4v) is 3.65. The van der Waals surface area contributed by atoms with Gasteiger partial charge in [-0.1, -0.05) is 13.8 Å². The number of nitrogens with zero attached hydrogens (tertiary/aromatic N) is 1. The summed E-state index contributed by atoms with van der Waals surface area (Å²) in [6.07, 6.45) is 1.04. The van der Waals surface area contributed by atoms with Gasteiger partial charge >= 0.3 is 5.97 Å². The summed E-state index contributed by atoms with van der Waals surface area (Å²) in [5.41, 5.74) is 2.98. The Morgan fingerprint density at radius 3 is 2.36 bits per heavy atom. The van der Waals surface area contributed by atoms with Crippen molar-refractivity contribution in [1.82, 2.24) is 4.57 Å². The summed E-state index contributed by atoms with van der Waals surface area (Å²) in [5, 5.41) is 20.4. The van der Waals surface area contributed by atoms with Crippen molar-refractivity contribution >= 4 is 16.9 Å². The predicted molar refractivity (Wildman–Crippen MR) is 109 cm³/mol. The maximum atomic E-state index is 13.5. The van der Waals surface area contributed by atoms with Crippen molar-refractivity contribution in [3.8, 4) is 11.4 Å². The lowest BCUT2D eigenvalue weighted by Crippen LogP contribution is -2.24. The smallest absolute Gasteiger partial charge is 0.309 e. The zero-order valence-electron chi connectivity index (χ0n) is 16.7. The van der Waals surface area contributed by atoms with Gasteiger partial charge in [0.2, 0.25) is 0 Å². The molecule has 0 bridgehead atoms. The number of carboxylic acid groups (broad SMARTS) is 1. The molecule has 0 fully saturated rings. The number of rotatable bonds is 6. The van der Waals surface area contributed by atoms with E-state index in [1.807, 2.05) is 6.07 Å². The molecule has 0 amide bonds. The molecular formula is C23H26FNO3. The second-order valence-electron chi connectivity index (χ2n) is 8.22. The van der Waals surface area contributed by atoms with Gasteiger partial charge in [0.1, 0.15) is 11.6 Å². The van der Waals surface area contributed by atoms with Crippen LogP contribution in [0, 0.1) is 11.2 Å². The number of aromatic nitrogens is 1. The number of hydrogen-bond acceptors (Lipinski definition) is 2. The fraction of sp³-hybridized carbons (Fsp3) is 0.348. The first-order valence-electron chi connectivity index (χ1n) is 9.47. The minimum Gasteiger partial charge on any atom is -0.508 e. The molecule has 0 aliphatic rings. The van der Waals surface area contributed by atoms with Crippen molar-refractivity contribution < 1.29 is 19.4 Å². The van der Waals surface area contributed by atoms with Gasteiger partial charge in [-0.05, 0) is 80.6 Å². The monoisotopic (exact) mass is 383 g/mol. The van der Waals surface area contributed by atoms with Crippen LogP contribution in [-0.4, -0.2) is 20.7 Å². The number of phenols is 1. The molecule has 1 heterocycles. The largest absolute Gasteiger partial charge is 0.508 e. The molecule has 2 aromatic carbocycles. The first kappa shape index (κ1) is 19.9. The molecule has 148 valence electrons. The molecule has 0 saturated carbocycles. The maximum Gasteiger partial charge on any atom is 0.309 e. The van der Waals surface area contributed by atoms with Gasteiger partial charge in [-0.25, -0.2) is 4.39 Å². The van der Waals surface area contributed by atoms with E-state index in [1.165, 1.54) is 12.1 Å². The van der Waals surface area contributed by atoms with Crippen LogP contribution in [0.1, 0.15) is 51.3 Å². The molecule has 0 radical (unpaired) electrons. The summed E-state index contributed by atoms with van der Waals surface area (Å²) in [4.78, 5) is 11.6. The Labute approximate surface area is 164 Å². The van der Waals surface area contributed by atoms with Gasteiger partial charge in [0, 0.05) is 16.8 Å². The van der Waals surface area contributed by atoms with E-state index in [4.69, 9.17) is 0 Å². The average Bonchev–Trinajstić information content (AvgIpc) is 2.94. The summed E-state index contributed by atoms with van der Waals surface area (Å²) >= 11 is 0. The number of carbonyl (C=O) groups is 1. The van der Waals surface area contributed by atoms with Crippen LogP contribution in [0.3, 0.4) is 0 Å². The van der Waals surface area contributed by atoms with E-state index < -0.39 is 11.4 Å². The number of phenolic OH excluding ortho intramolecular Hbond substituents is 1. The van der Waals surface area contributed by atoms with Gasteiger partial charge in [0.25, 0.3) is 0 Å². The Hall–Kier alpha value is -2.82. The number of halogens is 1. The van der Waals surface area contributed by atoms with Crippen LogP contribution in [0.2, 0.25) is 0 Å². The van der Waals surface area contributed by atoms with E-state index >= 15 is 0 Å². The SMILES string of the molecule is CC(C)c1c(CCC(C)(C)C(=O)O)c2cc(O)ccc2n1-c1ccc(F)cc1. The molecular weight excluding hydrogens is 357 g/mol. The van der Waals surface area contributed by atoms with Crippen LogP contribution < -0.4 is 0 Å². The molecule has 28 heavy (non-hydrogen) atoms. The number of hydrogen-bond donors (Lipinski definition) is 2. The van der Waals surface area contributed by atoms with E-state index in [1.54, 1.807) is 38.1 Å². The van der Waals surface area contributed by atoms with E-state index in [9.17, 15) is 19.4 Å². The van der Waals surface area contributed by atoms with E-state index in [-0.39, 0.29) is 17.5 Å². The van der Waals surface area contributed by atoms with Crippen molar-refractivity contribution in [2.75, 3.05) is 0 Å². The van der Waals surface area contributed by atoms with E-state index in [0.29, 0.717) is 12.8 Å². The lowest BCUT2D eigenvalue weighted by Gasteiger charge is -2.20. The third-order valence-electron chi connectivity index (χ3n) is 5.31. The van der Waals surface area contributed by atoms with Gasteiger partial charge in [-0.3, -0.25) is 4.79 Å². The molecule has 0 unspecified atom stereocenters. The van der Waals surface area contributed by atoms with Crippen molar-refractivity contribution in [2.45, 2.75) is 46.5 Å². The highest BCUT2D eigenvalue weighted by Crippen LogP contribution is 2.38. The molecule has 1 aromatic heterocycles. The molecule has 0 aliphatic heterocycles. The van der Waals surface area contributed by atoms with Gasteiger partial charge in [0.05, 0.1) is 10.9 Å². The fourth-order valence-electron chi connectivity index (χ4n) is 3.65. The van der Waals surface area contributed by atoms with Gasteiger partial charge in [-0.15, -0.1) is 0 Å². The Balaban J connectivity index is 2.24. The van der Waals surface area contributed by atoms with E-state index in [0.717, 1.165) is 27.8 Å². The molecule has 3 aromatic rings. The Kier molecular flexibility index (Phi) is 5.20. The molecule has 3 rings (SSSR count). The first-order chi connectivity index (χ1) is 13.1. The van der Waals surface area contributed by atoms with Crippen LogP contribution in [0.5, 0.6) is 5.75 Å². The quantitative estimate of drug-likeness (QED) is 0.579. The minimum absolute atomic E-state index is 0.155. The Morgan fingerprint density at radius 2 is 1.79 bits per heavy atom. The molecule has 0 spiro atoms. The highest BCUT2D eigenvalue weighted by Gasteiger charge is 2.29. The van der Waals surface area contributed by atoms with E-state index in [2.05, 4.69) is 18.4 Å². The van der Waals surface area contributed by atoms with Crippen molar-refractivity contribution in [2.24, 2.45) is 5.41 Å². The lowest BCUT2D eigenvalue weighted by atomic mass is 9.85. The summed E-state index contributed by atoms with van der Waals surface area (Å²) < 4.78 is 15.5. The molecule has 0 atom stereocenters. The number of aliphatic carboxylic acids is 1. The van der Waals surface area contributed by atoms with Crippen molar-refractivity contribution in [3.63, 3.8) is 0 Å². The third-order valence-corrected chi connectivity index (χ3v) is 5.31. The summed E-state index contributed by atoms with van der Waals surface area (Å²) in [6, 6.07) is 11.5. The highest BCUT2D eigenvalue weighted by molar-refractivity contribution is 5.89. The first-order valence-corrected chi connectivity index (χ1v) is 9.47. The van der Waals surface area contributed by atoms with Crippen LogP contribution in [0.25, 0.3) is 16.6 Å². The van der Waals surface area contributed by atoms with Crippen LogP contribution in [0.15, 0.2) is 42.5 Å². The van der Waals surface area contributed by atoms with Crippen LogP contribution in [-0.2, 0) is 11.2 Å². The molecule has 0 saturated heterocycles. The minimum atomic E-state index is -0.852. The van der Waals surface area contributed by atoms with Gasteiger partial charge < -0.3 is 14.8 Å². The number of fused-ring (bicyclic) bond motifs is 1. The average molecular weight is 383 g/mol. The van der Waals surface area contributed by atoms with Gasteiger partial charge in [-0.2, -0.15) is 0 Å².